The minimum absolute atomic E-state index is 0.0286. The topological polar surface area (TPSA) is 86.5 Å². The van der Waals surface area contributed by atoms with Crippen molar-refractivity contribution in [2.24, 2.45) is 0 Å². The van der Waals surface area contributed by atoms with Gasteiger partial charge in [-0.05, 0) is 47.4 Å². The fourth-order valence-corrected chi connectivity index (χ4v) is 5.35. The Morgan fingerprint density at radius 3 is 2.23 bits per heavy atom. The largest absolute Gasteiger partial charge is 0.382 e. The molecule has 1 unspecified atom stereocenters. The molecule has 1 fully saturated rings. The molecular weight excluding hydrogens is 557 g/mol. The fraction of sp³-hybridized carbons (Fsp3) is 0.344. The van der Waals surface area contributed by atoms with Gasteiger partial charge in [0, 0.05) is 55.6 Å². The zero-order valence-electron chi connectivity index (χ0n) is 24.4. The third kappa shape index (κ3) is 7.06. The lowest BCUT2D eigenvalue weighted by molar-refractivity contribution is -0.0227. The molecule has 2 N–H and O–H groups in total. The lowest BCUT2D eigenvalue weighted by atomic mass is 9.87. The van der Waals surface area contributed by atoms with Crippen LogP contribution in [0, 0.1) is 17.5 Å². The van der Waals surface area contributed by atoms with Gasteiger partial charge < -0.3 is 15.3 Å². The van der Waals surface area contributed by atoms with Crippen LogP contribution < -0.4 is 10.2 Å². The molecule has 2 heterocycles. The second kappa shape index (κ2) is 12.2. The molecule has 1 atom stereocenters. The van der Waals surface area contributed by atoms with Gasteiger partial charge in [0.2, 0.25) is 0 Å². The first-order valence-corrected chi connectivity index (χ1v) is 14.1. The van der Waals surface area contributed by atoms with E-state index in [4.69, 9.17) is 0 Å². The minimum Gasteiger partial charge on any atom is -0.382 e. The van der Waals surface area contributed by atoms with Gasteiger partial charge in [0.05, 0.1) is 12.2 Å². The van der Waals surface area contributed by atoms with Crippen LogP contribution in [0.15, 0.2) is 73.3 Å². The summed E-state index contributed by atoms with van der Waals surface area (Å²) in [5.74, 6) is -2.37. The first kappa shape index (κ1) is 30.2. The van der Waals surface area contributed by atoms with Gasteiger partial charge in [0.15, 0.2) is 0 Å². The Balaban J connectivity index is 1.22. The Morgan fingerprint density at radius 1 is 0.907 bits per heavy atom. The fourth-order valence-electron chi connectivity index (χ4n) is 5.35. The molecule has 1 saturated heterocycles. The molecule has 226 valence electrons. The lowest BCUT2D eigenvalue weighted by Gasteiger charge is -2.40. The molecule has 0 aliphatic carbocycles. The molecule has 5 rings (SSSR count). The molecule has 1 amide bonds. The van der Waals surface area contributed by atoms with E-state index < -0.39 is 23.1 Å². The number of piperazine rings is 1. The number of nitrogens with one attached hydrogen (secondary N) is 1. The summed E-state index contributed by atoms with van der Waals surface area (Å²) >= 11 is 0. The summed E-state index contributed by atoms with van der Waals surface area (Å²) in [5, 5.41) is 18.4. The van der Waals surface area contributed by atoms with Gasteiger partial charge in [-0.1, -0.05) is 39.0 Å². The third-order valence-corrected chi connectivity index (χ3v) is 7.74. The van der Waals surface area contributed by atoms with E-state index in [0.717, 1.165) is 17.7 Å². The van der Waals surface area contributed by atoms with E-state index in [2.05, 4.69) is 36.2 Å². The number of aromatic nitrogens is 3. The molecule has 11 heteroatoms. The average molecular weight is 593 g/mol. The molecule has 1 aromatic heterocycles. The number of carbonyl (C=O) groups excluding carboxylic acids is 1. The van der Waals surface area contributed by atoms with Crippen molar-refractivity contribution in [3.8, 4) is 0 Å². The van der Waals surface area contributed by atoms with E-state index in [1.165, 1.54) is 29.5 Å². The van der Waals surface area contributed by atoms with Crippen LogP contribution in [0.1, 0.15) is 42.3 Å². The number of hydrogen-bond donors (Lipinski definition) is 2. The van der Waals surface area contributed by atoms with Gasteiger partial charge in [-0.3, -0.25) is 9.69 Å². The number of rotatable bonds is 8. The Kier molecular flexibility index (Phi) is 8.57. The first-order chi connectivity index (χ1) is 20.4. The smallest absolute Gasteiger partial charge is 0.255 e. The SMILES string of the molecule is CC(C)(C)c1ccc(C(=O)Nc2ccc(N3CCN(CC(O)(Cn4cncn4)c4ccc(F)cc4F)CC3)c(F)c2)cc1. The van der Waals surface area contributed by atoms with E-state index in [-0.39, 0.29) is 30.0 Å². The zero-order valence-corrected chi connectivity index (χ0v) is 24.4. The standard InChI is InChI=1S/C32H35F3N6O2/c1-31(2,3)23-6-4-22(5-7-23)30(42)38-25-9-11-29(28(35)17-25)40-14-12-39(13-15-40)18-32(43,19-41-21-36-20-37-41)26-10-8-24(33)16-27(26)34/h4-11,16-17,20-21,43H,12-15,18-19H2,1-3H3,(H,38,42). The first-order valence-electron chi connectivity index (χ1n) is 14.1. The van der Waals surface area contributed by atoms with E-state index in [0.29, 0.717) is 43.1 Å². The second-order valence-corrected chi connectivity index (χ2v) is 12.0. The van der Waals surface area contributed by atoms with Crippen molar-refractivity contribution in [1.29, 1.82) is 0 Å². The lowest BCUT2D eigenvalue weighted by Crippen LogP contribution is -2.52. The molecule has 43 heavy (non-hydrogen) atoms. The number of β-amino-alcohol motifs (C(OH)–C–C–N with tert-alkyl or cyclic N) is 1. The van der Waals surface area contributed by atoms with Gasteiger partial charge in [-0.25, -0.2) is 22.8 Å². The van der Waals surface area contributed by atoms with Crippen molar-refractivity contribution < 1.29 is 23.1 Å². The van der Waals surface area contributed by atoms with Crippen LogP contribution in [0.25, 0.3) is 0 Å². The van der Waals surface area contributed by atoms with Crippen LogP contribution in [0.4, 0.5) is 24.5 Å². The summed E-state index contributed by atoms with van der Waals surface area (Å²) in [6, 6.07) is 15.1. The van der Waals surface area contributed by atoms with Crippen LogP contribution in [-0.2, 0) is 17.6 Å². The minimum atomic E-state index is -1.72. The number of carbonyl (C=O) groups is 1. The Morgan fingerprint density at radius 2 is 1.63 bits per heavy atom. The number of hydrogen-bond acceptors (Lipinski definition) is 6. The maximum absolute atomic E-state index is 15.2. The Hall–Kier alpha value is -4.22. The number of aliphatic hydroxyl groups is 1. The number of anilines is 2. The van der Waals surface area contributed by atoms with Crippen LogP contribution in [0.5, 0.6) is 0 Å². The van der Waals surface area contributed by atoms with Crippen LogP contribution in [0.3, 0.4) is 0 Å². The van der Waals surface area contributed by atoms with Crippen molar-refractivity contribution in [2.45, 2.75) is 38.3 Å². The average Bonchev–Trinajstić information content (AvgIpc) is 3.46. The molecule has 0 saturated carbocycles. The highest BCUT2D eigenvalue weighted by Gasteiger charge is 2.36. The van der Waals surface area contributed by atoms with Gasteiger partial charge >= 0.3 is 0 Å². The number of amides is 1. The zero-order chi connectivity index (χ0) is 30.8. The van der Waals surface area contributed by atoms with Crippen LogP contribution in [-0.4, -0.2) is 63.4 Å². The predicted molar refractivity (Wildman–Crippen MR) is 158 cm³/mol. The summed E-state index contributed by atoms with van der Waals surface area (Å²) in [6.45, 7) is 8.09. The summed E-state index contributed by atoms with van der Waals surface area (Å²) < 4.78 is 45.0. The van der Waals surface area contributed by atoms with Crippen molar-refractivity contribution in [3.05, 3.63) is 107 Å². The van der Waals surface area contributed by atoms with E-state index in [1.807, 2.05) is 21.9 Å². The third-order valence-electron chi connectivity index (χ3n) is 7.74. The Bertz CT molecular complexity index is 1570. The van der Waals surface area contributed by atoms with Crippen molar-refractivity contribution in [1.82, 2.24) is 19.7 Å². The van der Waals surface area contributed by atoms with Crippen molar-refractivity contribution in [3.63, 3.8) is 0 Å². The molecule has 0 bridgehead atoms. The molecular formula is C32H35F3N6O2. The van der Waals surface area contributed by atoms with Crippen LogP contribution in [0.2, 0.25) is 0 Å². The quantitative estimate of drug-likeness (QED) is 0.301. The van der Waals surface area contributed by atoms with Gasteiger partial charge in [0.25, 0.3) is 5.91 Å². The van der Waals surface area contributed by atoms with E-state index >= 15 is 4.39 Å². The maximum atomic E-state index is 15.2. The maximum Gasteiger partial charge on any atom is 0.255 e. The molecule has 4 aromatic rings. The number of nitrogens with zero attached hydrogens (tertiary/aromatic N) is 5. The highest BCUT2D eigenvalue weighted by atomic mass is 19.1. The van der Waals surface area contributed by atoms with Gasteiger partial charge in [-0.2, -0.15) is 5.10 Å². The van der Waals surface area contributed by atoms with Gasteiger partial charge in [0.1, 0.15) is 35.7 Å². The molecule has 8 nitrogen and oxygen atoms in total. The molecule has 1 aliphatic rings. The summed E-state index contributed by atoms with van der Waals surface area (Å²) in [4.78, 5) is 20.5. The predicted octanol–water partition coefficient (Wildman–Crippen LogP) is 4.96. The Labute approximate surface area is 248 Å². The molecule has 0 radical (unpaired) electrons. The van der Waals surface area contributed by atoms with Crippen molar-refractivity contribution >= 4 is 17.3 Å². The second-order valence-electron chi connectivity index (χ2n) is 12.0. The molecule has 1 aliphatic heterocycles. The van der Waals surface area contributed by atoms with E-state index in [1.54, 1.807) is 24.3 Å². The molecule has 3 aromatic carbocycles. The summed E-state index contributed by atoms with van der Waals surface area (Å²) in [5.41, 5.74) is 0.560. The highest BCUT2D eigenvalue weighted by Crippen LogP contribution is 2.30. The highest BCUT2D eigenvalue weighted by molar-refractivity contribution is 6.04. The normalized spacial score (nSPS) is 15.7. The van der Waals surface area contributed by atoms with Crippen LogP contribution >= 0.6 is 0 Å². The summed E-state index contributed by atoms with van der Waals surface area (Å²) in [7, 11) is 0. The number of benzene rings is 3. The molecule has 0 spiro atoms. The van der Waals surface area contributed by atoms with E-state index in [9.17, 15) is 18.7 Å². The van der Waals surface area contributed by atoms with Gasteiger partial charge in [-0.15, -0.1) is 0 Å². The monoisotopic (exact) mass is 592 g/mol. The number of halogens is 3. The summed E-state index contributed by atoms with van der Waals surface area (Å²) in [6.07, 6.45) is 2.73. The van der Waals surface area contributed by atoms with Crippen molar-refractivity contribution in [2.75, 3.05) is 42.9 Å².